The lowest BCUT2D eigenvalue weighted by molar-refractivity contribution is 0.398. The van der Waals surface area contributed by atoms with Gasteiger partial charge in [0.25, 0.3) is 0 Å². The molecule has 0 aliphatic carbocycles. The molecule has 5 nitrogen and oxygen atoms in total. The van der Waals surface area contributed by atoms with Gasteiger partial charge < -0.3 is 10.1 Å². The molecular formula is C12H13IN4O. The van der Waals surface area contributed by atoms with E-state index >= 15 is 0 Å². The van der Waals surface area contributed by atoms with Crippen molar-refractivity contribution in [2.75, 3.05) is 19.0 Å². The Bertz CT molecular complexity index is 547. The van der Waals surface area contributed by atoms with Gasteiger partial charge in [0, 0.05) is 18.8 Å². The number of anilines is 1. The molecule has 0 saturated carbocycles. The third kappa shape index (κ3) is 2.87. The number of hydrogen-bond acceptors (Lipinski definition) is 5. The molecule has 0 fully saturated rings. The van der Waals surface area contributed by atoms with Crippen LogP contribution in [0.25, 0.3) is 11.5 Å². The van der Waals surface area contributed by atoms with E-state index < -0.39 is 0 Å². The summed E-state index contributed by atoms with van der Waals surface area (Å²) in [5, 5.41) is 3.20. The maximum absolute atomic E-state index is 5.09. The van der Waals surface area contributed by atoms with Gasteiger partial charge >= 0.3 is 0 Å². The summed E-state index contributed by atoms with van der Waals surface area (Å²) in [7, 11) is 1.59. The Balaban J connectivity index is 2.40. The van der Waals surface area contributed by atoms with Crippen LogP contribution in [0.1, 0.15) is 6.92 Å². The summed E-state index contributed by atoms with van der Waals surface area (Å²) in [5.41, 5.74) is 0.699. The van der Waals surface area contributed by atoms with Crippen LogP contribution in [-0.4, -0.2) is 28.6 Å². The predicted octanol–water partition coefficient (Wildman–Crippen LogP) is 2.58. The minimum absolute atomic E-state index is 0.555. The van der Waals surface area contributed by atoms with E-state index in [1.165, 1.54) is 0 Å². The fraction of sp³-hybridized carbons (Fsp3) is 0.250. The summed E-state index contributed by atoms with van der Waals surface area (Å²) in [6.07, 6.45) is 1.78. The normalized spacial score (nSPS) is 10.2. The highest BCUT2D eigenvalue weighted by atomic mass is 127. The summed E-state index contributed by atoms with van der Waals surface area (Å²) in [6.45, 7) is 2.85. The van der Waals surface area contributed by atoms with Crippen molar-refractivity contribution in [3.63, 3.8) is 0 Å². The Morgan fingerprint density at radius 1 is 1.33 bits per heavy atom. The van der Waals surface area contributed by atoms with Crippen molar-refractivity contribution >= 4 is 28.4 Å². The van der Waals surface area contributed by atoms with Crippen molar-refractivity contribution in [2.45, 2.75) is 6.92 Å². The van der Waals surface area contributed by atoms with Crippen molar-refractivity contribution < 1.29 is 4.74 Å². The molecular weight excluding hydrogens is 343 g/mol. The number of methoxy groups -OCH3 is 1. The lowest BCUT2D eigenvalue weighted by atomic mass is 10.3. The van der Waals surface area contributed by atoms with E-state index in [-0.39, 0.29) is 0 Å². The number of pyridine rings is 1. The number of hydrogen-bond donors (Lipinski definition) is 1. The zero-order chi connectivity index (χ0) is 13.0. The van der Waals surface area contributed by atoms with Crippen LogP contribution in [0.5, 0.6) is 5.88 Å². The van der Waals surface area contributed by atoms with Gasteiger partial charge in [0.15, 0.2) is 5.82 Å². The number of ether oxygens (including phenoxy) is 1. The minimum atomic E-state index is 0.555. The van der Waals surface area contributed by atoms with Crippen LogP contribution < -0.4 is 10.1 Å². The van der Waals surface area contributed by atoms with Gasteiger partial charge in [-0.3, -0.25) is 0 Å². The average molecular weight is 356 g/mol. The molecule has 94 valence electrons. The van der Waals surface area contributed by atoms with Crippen molar-refractivity contribution in [3.05, 3.63) is 28.0 Å². The number of nitrogens with zero attached hydrogens (tertiary/aromatic N) is 3. The van der Waals surface area contributed by atoms with Crippen LogP contribution in [0.4, 0.5) is 5.82 Å². The molecule has 1 N–H and O–H groups in total. The van der Waals surface area contributed by atoms with E-state index in [1.54, 1.807) is 19.4 Å². The standard InChI is InChI=1S/C12H13IN4O/c1-3-14-11-8(13)7-15-12(17-11)9-5-4-6-10(16-9)18-2/h4-7H,3H2,1-2H3,(H,14,15,17). The lowest BCUT2D eigenvalue weighted by Gasteiger charge is -2.07. The van der Waals surface area contributed by atoms with Gasteiger partial charge in [0.05, 0.1) is 10.7 Å². The second-order valence-electron chi connectivity index (χ2n) is 3.49. The maximum Gasteiger partial charge on any atom is 0.213 e. The quantitative estimate of drug-likeness (QED) is 0.854. The van der Waals surface area contributed by atoms with Crippen molar-refractivity contribution in [1.82, 2.24) is 15.0 Å². The fourth-order valence-electron chi connectivity index (χ4n) is 1.44. The fourth-order valence-corrected chi connectivity index (χ4v) is 1.89. The smallest absolute Gasteiger partial charge is 0.213 e. The molecule has 0 bridgehead atoms. The van der Waals surface area contributed by atoms with Gasteiger partial charge in [-0.25, -0.2) is 15.0 Å². The molecule has 2 aromatic rings. The maximum atomic E-state index is 5.09. The highest BCUT2D eigenvalue weighted by Gasteiger charge is 2.08. The molecule has 2 aromatic heterocycles. The highest BCUT2D eigenvalue weighted by Crippen LogP contribution is 2.20. The second-order valence-corrected chi connectivity index (χ2v) is 4.65. The SMILES string of the molecule is CCNc1nc(-c2cccc(OC)n2)ncc1I. The van der Waals surface area contributed by atoms with Crippen LogP contribution in [0.3, 0.4) is 0 Å². The molecule has 0 aromatic carbocycles. The van der Waals surface area contributed by atoms with Crippen LogP contribution in [0.15, 0.2) is 24.4 Å². The first-order valence-corrected chi connectivity index (χ1v) is 6.60. The second kappa shape index (κ2) is 5.94. The Kier molecular flexibility index (Phi) is 4.29. The van der Waals surface area contributed by atoms with E-state index in [4.69, 9.17) is 4.74 Å². The van der Waals surface area contributed by atoms with Gasteiger partial charge in [-0.05, 0) is 35.6 Å². The molecule has 6 heteroatoms. The predicted molar refractivity (Wildman–Crippen MR) is 78.7 cm³/mol. The summed E-state index contributed by atoms with van der Waals surface area (Å²) < 4.78 is 6.08. The largest absolute Gasteiger partial charge is 0.481 e. The monoisotopic (exact) mass is 356 g/mol. The van der Waals surface area contributed by atoms with E-state index in [0.29, 0.717) is 17.4 Å². The van der Waals surface area contributed by atoms with Crippen LogP contribution in [0, 0.1) is 3.57 Å². The molecule has 2 heterocycles. The Labute approximate surface area is 119 Å². The molecule has 0 amide bonds. The summed E-state index contributed by atoms with van der Waals surface area (Å²) in [4.78, 5) is 13.1. The van der Waals surface area contributed by atoms with Crippen LogP contribution in [0.2, 0.25) is 0 Å². The molecule has 0 aliphatic rings. The van der Waals surface area contributed by atoms with E-state index in [2.05, 4.69) is 42.9 Å². The number of nitrogens with one attached hydrogen (secondary N) is 1. The topological polar surface area (TPSA) is 59.9 Å². The molecule has 0 spiro atoms. The van der Waals surface area contributed by atoms with Crippen LogP contribution >= 0.6 is 22.6 Å². The number of aromatic nitrogens is 3. The van der Waals surface area contributed by atoms with E-state index in [0.717, 1.165) is 15.9 Å². The molecule has 18 heavy (non-hydrogen) atoms. The van der Waals surface area contributed by atoms with Gasteiger partial charge in [-0.15, -0.1) is 0 Å². The number of rotatable bonds is 4. The highest BCUT2D eigenvalue weighted by molar-refractivity contribution is 14.1. The first-order chi connectivity index (χ1) is 8.74. The third-order valence-electron chi connectivity index (χ3n) is 2.25. The number of halogens is 1. The zero-order valence-corrected chi connectivity index (χ0v) is 12.3. The Morgan fingerprint density at radius 3 is 2.89 bits per heavy atom. The van der Waals surface area contributed by atoms with Crippen LogP contribution in [-0.2, 0) is 0 Å². The Hall–Kier alpha value is -1.44. The average Bonchev–Trinajstić information content (AvgIpc) is 2.41. The van der Waals surface area contributed by atoms with Gasteiger partial charge in [-0.2, -0.15) is 0 Å². The molecule has 0 saturated heterocycles. The molecule has 0 atom stereocenters. The summed E-state index contributed by atoms with van der Waals surface area (Å²) in [6, 6.07) is 5.53. The van der Waals surface area contributed by atoms with Gasteiger partial charge in [-0.1, -0.05) is 6.07 Å². The first kappa shape index (κ1) is 13.0. The molecule has 0 aliphatic heterocycles. The Morgan fingerprint density at radius 2 is 2.17 bits per heavy atom. The third-order valence-corrected chi connectivity index (χ3v) is 3.04. The van der Waals surface area contributed by atoms with E-state index in [1.807, 2.05) is 19.1 Å². The summed E-state index contributed by atoms with van der Waals surface area (Å²) >= 11 is 2.20. The first-order valence-electron chi connectivity index (χ1n) is 5.52. The molecule has 2 rings (SSSR count). The summed E-state index contributed by atoms with van der Waals surface area (Å²) in [5.74, 6) is 1.97. The molecule has 0 radical (unpaired) electrons. The van der Waals surface area contributed by atoms with Crippen molar-refractivity contribution in [3.8, 4) is 17.4 Å². The van der Waals surface area contributed by atoms with Gasteiger partial charge in [0.1, 0.15) is 11.5 Å². The minimum Gasteiger partial charge on any atom is -0.481 e. The van der Waals surface area contributed by atoms with Gasteiger partial charge in [0.2, 0.25) is 5.88 Å². The van der Waals surface area contributed by atoms with E-state index in [9.17, 15) is 0 Å². The molecule has 0 unspecified atom stereocenters. The van der Waals surface area contributed by atoms with Crippen molar-refractivity contribution in [2.24, 2.45) is 0 Å². The lowest BCUT2D eigenvalue weighted by Crippen LogP contribution is -2.04. The van der Waals surface area contributed by atoms with Crippen molar-refractivity contribution in [1.29, 1.82) is 0 Å². The zero-order valence-electron chi connectivity index (χ0n) is 10.1.